The Morgan fingerprint density at radius 1 is 1.10 bits per heavy atom. The number of methoxy groups -OCH3 is 1. The lowest BCUT2D eigenvalue weighted by molar-refractivity contribution is -0.133. The second-order valence-electron chi connectivity index (χ2n) is 8.98. The lowest BCUT2D eigenvalue weighted by Gasteiger charge is -2.27. The molecule has 1 aromatic carbocycles. The summed E-state index contributed by atoms with van der Waals surface area (Å²) >= 11 is 0. The Bertz CT molecular complexity index is 688. The average Bonchev–Trinajstić information content (AvgIpc) is 3.16. The Hall–Kier alpha value is -1.92. The normalized spacial score (nSPS) is 23.5. The number of nitrogens with one attached hydrogen (secondary N) is 1. The number of hydrogen-bond donors (Lipinski definition) is 1. The predicted molar refractivity (Wildman–Crippen MR) is 118 cm³/mol. The average molecular weight is 416 g/mol. The highest BCUT2D eigenvalue weighted by Crippen LogP contribution is 2.28. The fraction of sp³-hybridized carbons (Fsp3) is 0.667. The van der Waals surface area contributed by atoms with Gasteiger partial charge in [-0.1, -0.05) is 50.6 Å². The second-order valence-corrected chi connectivity index (χ2v) is 8.98. The summed E-state index contributed by atoms with van der Waals surface area (Å²) in [4.78, 5) is 30.1. The van der Waals surface area contributed by atoms with Crippen LogP contribution in [-0.4, -0.2) is 73.6 Å². The van der Waals surface area contributed by atoms with Crippen LogP contribution in [0.2, 0.25) is 0 Å². The van der Waals surface area contributed by atoms with Crippen LogP contribution in [0.4, 0.5) is 0 Å². The monoisotopic (exact) mass is 415 g/mol. The fourth-order valence-electron chi connectivity index (χ4n) is 4.72. The Kier molecular flexibility index (Phi) is 8.28. The van der Waals surface area contributed by atoms with E-state index >= 15 is 0 Å². The molecule has 0 aliphatic carbocycles. The van der Waals surface area contributed by atoms with Crippen molar-refractivity contribution in [1.82, 2.24) is 15.1 Å². The zero-order chi connectivity index (χ0) is 21.5. The number of ether oxygens (including phenoxy) is 1. The summed E-state index contributed by atoms with van der Waals surface area (Å²) in [6.07, 6.45) is 4.08. The van der Waals surface area contributed by atoms with Crippen LogP contribution in [0.5, 0.6) is 0 Å². The van der Waals surface area contributed by atoms with Crippen molar-refractivity contribution in [2.24, 2.45) is 5.92 Å². The standard InChI is InChI=1S/C24H37N3O3/c1-18(2)23(19-10-6-4-7-11-19)24(29)27-16-20(21(17-27)30-3)25-22(28)12-15-26-13-8-5-9-14-26/h4,6-7,10-11,18,20-21,23H,5,8-9,12-17H2,1-3H3,(H,25,28)/t20-,21-,23?/m1/s1. The van der Waals surface area contributed by atoms with Gasteiger partial charge in [0.25, 0.3) is 0 Å². The van der Waals surface area contributed by atoms with Crippen LogP contribution in [0.15, 0.2) is 30.3 Å². The Morgan fingerprint density at radius 3 is 2.43 bits per heavy atom. The number of rotatable bonds is 8. The van der Waals surface area contributed by atoms with Gasteiger partial charge in [0.1, 0.15) is 0 Å². The largest absolute Gasteiger partial charge is 0.377 e. The van der Waals surface area contributed by atoms with Crippen LogP contribution >= 0.6 is 0 Å². The molecular formula is C24H37N3O3. The predicted octanol–water partition coefficient (Wildman–Crippen LogP) is 2.64. The third-order valence-electron chi connectivity index (χ3n) is 6.42. The Morgan fingerprint density at radius 2 is 1.80 bits per heavy atom. The minimum Gasteiger partial charge on any atom is -0.377 e. The van der Waals surface area contributed by atoms with Crippen molar-refractivity contribution < 1.29 is 14.3 Å². The number of nitrogens with zero attached hydrogens (tertiary/aromatic N) is 2. The number of carbonyl (C=O) groups excluding carboxylic acids is 2. The third kappa shape index (κ3) is 5.82. The van der Waals surface area contributed by atoms with Gasteiger partial charge in [0, 0.05) is 33.2 Å². The molecule has 1 aromatic rings. The summed E-state index contributed by atoms with van der Waals surface area (Å²) in [5.41, 5.74) is 1.04. The SMILES string of the molecule is CO[C@@H]1CN(C(=O)C(c2ccccc2)C(C)C)C[C@H]1NC(=O)CCN1CCCCC1. The Labute approximate surface area is 180 Å². The first kappa shape index (κ1) is 22.8. The van der Waals surface area contributed by atoms with Crippen molar-refractivity contribution in [3.05, 3.63) is 35.9 Å². The molecule has 2 fully saturated rings. The van der Waals surface area contributed by atoms with Gasteiger partial charge in [-0.05, 0) is 37.4 Å². The topological polar surface area (TPSA) is 61.9 Å². The first-order valence-electron chi connectivity index (χ1n) is 11.4. The zero-order valence-electron chi connectivity index (χ0n) is 18.7. The van der Waals surface area contributed by atoms with Crippen molar-refractivity contribution in [1.29, 1.82) is 0 Å². The van der Waals surface area contributed by atoms with Gasteiger partial charge in [0.15, 0.2) is 0 Å². The van der Waals surface area contributed by atoms with Crippen molar-refractivity contribution in [2.75, 3.05) is 39.8 Å². The van der Waals surface area contributed by atoms with Crippen molar-refractivity contribution >= 4 is 11.8 Å². The van der Waals surface area contributed by atoms with Crippen LogP contribution in [0.3, 0.4) is 0 Å². The highest BCUT2D eigenvalue weighted by atomic mass is 16.5. The summed E-state index contributed by atoms with van der Waals surface area (Å²) in [5.74, 6) is 0.171. The summed E-state index contributed by atoms with van der Waals surface area (Å²) in [5, 5.41) is 3.13. The van der Waals surface area contributed by atoms with E-state index in [-0.39, 0.29) is 35.8 Å². The molecule has 3 atom stereocenters. The van der Waals surface area contributed by atoms with Gasteiger partial charge in [0.2, 0.25) is 11.8 Å². The van der Waals surface area contributed by atoms with E-state index < -0.39 is 0 Å². The molecular weight excluding hydrogens is 378 g/mol. The van der Waals surface area contributed by atoms with Crippen molar-refractivity contribution in [3.63, 3.8) is 0 Å². The summed E-state index contributed by atoms with van der Waals surface area (Å²) in [6, 6.07) is 9.81. The molecule has 2 aliphatic heterocycles. The molecule has 2 heterocycles. The van der Waals surface area contributed by atoms with E-state index in [1.807, 2.05) is 35.2 Å². The summed E-state index contributed by atoms with van der Waals surface area (Å²) in [6.45, 7) is 8.18. The lowest BCUT2D eigenvalue weighted by Crippen LogP contribution is -2.45. The van der Waals surface area contributed by atoms with Gasteiger partial charge >= 0.3 is 0 Å². The smallest absolute Gasteiger partial charge is 0.230 e. The van der Waals surface area contributed by atoms with Crippen LogP contribution in [0.25, 0.3) is 0 Å². The summed E-state index contributed by atoms with van der Waals surface area (Å²) in [7, 11) is 1.66. The third-order valence-corrected chi connectivity index (χ3v) is 6.42. The molecule has 2 amide bonds. The van der Waals surface area contributed by atoms with Crippen LogP contribution in [0, 0.1) is 5.92 Å². The van der Waals surface area contributed by atoms with Gasteiger partial charge in [-0.25, -0.2) is 0 Å². The minimum absolute atomic E-state index is 0.0467. The van der Waals surface area contributed by atoms with E-state index in [0.717, 1.165) is 25.2 Å². The lowest BCUT2D eigenvalue weighted by atomic mass is 9.87. The molecule has 30 heavy (non-hydrogen) atoms. The maximum Gasteiger partial charge on any atom is 0.230 e. The molecule has 1 unspecified atom stereocenters. The van der Waals surface area contributed by atoms with E-state index in [0.29, 0.717) is 19.5 Å². The highest BCUT2D eigenvalue weighted by Gasteiger charge is 2.39. The van der Waals surface area contributed by atoms with Gasteiger partial charge in [-0.15, -0.1) is 0 Å². The molecule has 3 rings (SSSR count). The highest BCUT2D eigenvalue weighted by molar-refractivity contribution is 5.84. The van der Waals surface area contributed by atoms with Crippen molar-refractivity contribution in [3.8, 4) is 0 Å². The first-order chi connectivity index (χ1) is 14.5. The summed E-state index contributed by atoms with van der Waals surface area (Å²) < 4.78 is 5.63. The zero-order valence-corrected chi connectivity index (χ0v) is 18.7. The van der Waals surface area contributed by atoms with E-state index in [2.05, 4.69) is 24.1 Å². The first-order valence-corrected chi connectivity index (χ1v) is 11.4. The molecule has 0 spiro atoms. The molecule has 166 valence electrons. The molecule has 0 saturated carbocycles. The quantitative estimate of drug-likeness (QED) is 0.709. The molecule has 2 aliphatic rings. The second kappa shape index (κ2) is 10.9. The number of piperidine rings is 1. The molecule has 0 radical (unpaired) electrons. The van der Waals surface area contributed by atoms with Crippen molar-refractivity contribution in [2.45, 2.75) is 57.6 Å². The molecule has 6 heteroatoms. The van der Waals surface area contributed by atoms with Crippen LogP contribution < -0.4 is 5.32 Å². The number of carbonyl (C=O) groups is 2. The van der Waals surface area contributed by atoms with Crippen LogP contribution in [-0.2, 0) is 14.3 Å². The van der Waals surface area contributed by atoms with Gasteiger partial charge in [-0.2, -0.15) is 0 Å². The maximum absolute atomic E-state index is 13.4. The van der Waals surface area contributed by atoms with Gasteiger partial charge < -0.3 is 19.9 Å². The number of hydrogen-bond acceptors (Lipinski definition) is 4. The maximum atomic E-state index is 13.4. The number of benzene rings is 1. The van der Waals surface area contributed by atoms with E-state index in [9.17, 15) is 9.59 Å². The van der Waals surface area contributed by atoms with E-state index in [1.165, 1.54) is 19.3 Å². The molecule has 2 saturated heterocycles. The molecule has 0 aromatic heterocycles. The van der Waals surface area contributed by atoms with Crippen LogP contribution in [0.1, 0.15) is 51.0 Å². The minimum atomic E-state index is -0.183. The van der Waals surface area contributed by atoms with Gasteiger partial charge in [0.05, 0.1) is 18.1 Å². The molecule has 6 nitrogen and oxygen atoms in total. The number of amides is 2. The number of likely N-dealkylation sites (tertiary alicyclic amines) is 2. The molecule has 0 bridgehead atoms. The fourth-order valence-corrected chi connectivity index (χ4v) is 4.72. The molecule has 1 N–H and O–H groups in total. The Balaban J connectivity index is 1.57. The van der Waals surface area contributed by atoms with E-state index in [4.69, 9.17) is 4.74 Å². The van der Waals surface area contributed by atoms with Gasteiger partial charge in [-0.3, -0.25) is 9.59 Å². The van der Waals surface area contributed by atoms with E-state index in [1.54, 1.807) is 7.11 Å².